The summed E-state index contributed by atoms with van der Waals surface area (Å²) in [5, 5.41) is 1.81. The van der Waals surface area contributed by atoms with Crippen LogP contribution in [0.1, 0.15) is 47.5 Å². The van der Waals surface area contributed by atoms with E-state index in [4.69, 9.17) is 21.0 Å². The van der Waals surface area contributed by atoms with Gasteiger partial charge >= 0.3 is 6.18 Å². The van der Waals surface area contributed by atoms with Crippen LogP contribution in [0, 0.1) is 5.82 Å². The molecule has 0 spiro atoms. The second-order valence-electron chi connectivity index (χ2n) is 9.13. The molecule has 1 aliphatic carbocycles. The van der Waals surface area contributed by atoms with Crippen LogP contribution >= 0.6 is 22.9 Å². The number of thiazole rings is 1. The van der Waals surface area contributed by atoms with Gasteiger partial charge in [0.2, 0.25) is 15.9 Å². The van der Waals surface area contributed by atoms with Gasteiger partial charge in [-0.05, 0) is 25.0 Å². The van der Waals surface area contributed by atoms with E-state index in [9.17, 15) is 26.0 Å². The van der Waals surface area contributed by atoms with Gasteiger partial charge in [-0.1, -0.05) is 17.7 Å². The highest BCUT2D eigenvalue weighted by atomic mass is 35.5. The molecule has 6 rings (SSSR count). The van der Waals surface area contributed by atoms with Crippen molar-refractivity contribution in [3.05, 3.63) is 74.7 Å². The summed E-state index contributed by atoms with van der Waals surface area (Å²) < 4.78 is 87.6. The highest BCUT2D eigenvalue weighted by Crippen LogP contribution is 2.47. The summed E-state index contributed by atoms with van der Waals surface area (Å²) in [6, 6.07) is 2.05. The van der Waals surface area contributed by atoms with Crippen molar-refractivity contribution in [2.45, 2.75) is 42.8 Å². The number of rotatable bonds is 6. The molecule has 0 unspecified atom stereocenters. The fraction of sp³-hybridized carbons (Fsp3) is 0.348. The lowest BCUT2D eigenvalue weighted by Crippen LogP contribution is -2.40. The van der Waals surface area contributed by atoms with Crippen molar-refractivity contribution >= 4 is 44.4 Å². The minimum absolute atomic E-state index is 0.00960. The third-order valence-electron chi connectivity index (χ3n) is 6.46. The van der Waals surface area contributed by atoms with E-state index in [1.807, 2.05) is 0 Å². The van der Waals surface area contributed by atoms with Crippen molar-refractivity contribution in [2.24, 2.45) is 4.99 Å². The molecule has 3 aliphatic rings. The lowest BCUT2D eigenvalue weighted by atomic mass is 9.94. The first-order chi connectivity index (χ1) is 18.0. The molecule has 8 nitrogen and oxygen atoms in total. The Morgan fingerprint density at radius 3 is 2.66 bits per heavy atom. The first-order valence-electron chi connectivity index (χ1n) is 11.5. The summed E-state index contributed by atoms with van der Waals surface area (Å²) in [4.78, 5) is 14.6. The van der Waals surface area contributed by atoms with Crippen LogP contribution < -0.4 is 4.72 Å². The zero-order valence-electron chi connectivity index (χ0n) is 19.2. The Bertz CT molecular complexity index is 1570. The highest BCUT2D eigenvalue weighted by molar-refractivity contribution is 7.90. The first-order valence-corrected chi connectivity index (χ1v) is 14.3. The maximum absolute atomic E-state index is 13.9. The lowest BCUT2D eigenvalue weighted by molar-refractivity contribution is -0.141. The maximum Gasteiger partial charge on any atom is 0.436 e. The molecule has 2 atom stereocenters. The summed E-state index contributed by atoms with van der Waals surface area (Å²) in [5.41, 5.74) is -0.259. The number of fused-ring (bicyclic) bond motifs is 1. The predicted octanol–water partition coefficient (Wildman–Crippen LogP) is 5.01. The van der Waals surface area contributed by atoms with Gasteiger partial charge in [-0.2, -0.15) is 13.2 Å². The topological polar surface area (TPSA) is 101 Å². The van der Waals surface area contributed by atoms with E-state index in [2.05, 4.69) is 14.7 Å². The van der Waals surface area contributed by atoms with E-state index in [1.165, 1.54) is 23.5 Å². The monoisotopic (exact) mass is 587 g/mol. The average molecular weight is 588 g/mol. The van der Waals surface area contributed by atoms with Crippen molar-refractivity contribution in [2.75, 3.05) is 6.54 Å². The smallest absolute Gasteiger partial charge is 0.436 e. The highest BCUT2D eigenvalue weighted by Gasteiger charge is 2.45. The Hall–Kier alpha value is -2.81. The SMILES string of the molecule is O=S(=O)(N[C@H]1CC2=C(c3nc(C(F)(F)F)co3)[C@H](c3ccc(F)cc3Cl)N=C(c3nccs3)N2C1)C1CC1. The Kier molecular flexibility index (Phi) is 6.13. The molecule has 1 saturated heterocycles. The number of amidine groups is 1. The maximum atomic E-state index is 13.9. The standard InChI is InChI=1S/C23H18ClF4N5O3S2/c24-15-7-11(25)1-4-14(15)19-18(21-30-17(10-36-21)23(26,27)28)16-8-12(32-38(34,35)13-2-3-13)9-33(16)20(31-19)22-29-5-6-37-22/h1,4-7,10,12-13,19,32H,2-3,8-9H2/t12-,19-/m0/s1. The van der Waals surface area contributed by atoms with Crippen molar-refractivity contribution in [1.82, 2.24) is 19.6 Å². The molecule has 0 radical (unpaired) electrons. The van der Waals surface area contributed by atoms with Gasteiger partial charge in [-0.3, -0.25) is 4.99 Å². The molecule has 15 heteroatoms. The molecule has 3 aromatic rings. The third-order valence-corrected chi connectivity index (χ3v) is 9.57. The summed E-state index contributed by atoms with van der Waals surface area (Å²) in [6.07, 6.45) is -1.38. The van der Waals surface area contributed by atoms with Gasteiger partial charge in [0, 0.05) is 46.9 Å². The minimum Gasteiger partial charge on any atom is -0.444 e. The Morgan fingerprint density at radius 1 is 1.24 bits per heavy atom. The van der Waals surface area contributed by atoms with Crippen molar-refractivity contribution < 1.29 is 30.4 Å². The molecule has 38 heavy (non-hydrogen) atoms. The van der Waals surface area contributed by atoms with Gasteiger partial charge in [0.15, 0.2) is 16.5 Å². The predicted molar refractivity (Wildman–Crippen MR) is 131 cm³/mol. The minimum atomic E-state index is -4.75. The number of benzene rings is 1. The van der Waals surface area contributed by atoms with Crippen molar-refractivity contribution in [1.29, 1.82) is 0 Å². The van der Waals surface area contributed by atoms with E-state index in [0.717, 1.165) is 6.07 Å². The van der Waals surface area contributed by atoms with Crippen LogP contribution in [0.5, 0.6) is 0 Å². The zero-order chi connectivity index (χ0) is 26.8. The summed E-state index contributed by atoms with van der Waals surface area (Å²) in [5.74, 6) is -0.546. The first kappa shape index (κ1) is 25.5. The lowest BCUT2D eigenvalue weighted by Gasteiger charge is -2.31. The van der Waals surface area contributed by atoms with E-state index in [-0.39, 0.29) is 29.5 Å². The molecular formula is C23H18ClF4N5O3S2. The average Bonchev–Trinajstić information content (AvgIpc) is 3.20. The molecule has 0 amide bonds. The van der Waals surface area contributed by atoms with Crippen LogP contribution in [0.4, 0.5) is 17.6 Å². The van der Waals surface area contributed by atoms with Gasteiger partial charge in [0.25, 0.3) is 0 Å². The number of nitrogens with zero attached hydrogens (tertiary/aromatic N) is 4. The van der Waals surface area contributed by atoms with Crippen molar-refractivity contribution in [3.63, 3.8) is 0 Å². The number of halogens is 5. The number of alkyl halides is 3. The Labute approximate surface area is 223 Å². The van der Waals surface area contributed by atoms with E-state index < -0.39 is 45.0 Å². The molecule has 2 aromatic heterocycles. The summed E-state index contributed by atoms with van der Waals surface area (Å²) in [6.45, 7) is 0.167. The Balaban J connectivity index is 1.52. The largest absolute Gasteiger partial charge is 0.444 e. The fourth-order valence-corrected chi connectivity index (χ4v) is 7.11. The normalized spacial score (nSPS) is 22.1. The number of hydrogen-bond donors (Lipinski definition) is 1. The second kappa shape index (κ2) is 9.14. The molecule has 2 aliphatic heterocycles. The van der Waals surface area contributed by atoms with Gasteiger partial charge < -0.3 is 9.32 Å². The molecule has 2 fully saturated rings. The van der Waals surface area contributed by atoms with Crippen LogP contribution in [0.25, 0.3) is 5.57 Å². The molecule has 4 heterocycles. The van der Waals surface area contributed by atoms with Crippen LogP contribution in [-0.4, -0.2) is 47.0 Å². The molecular weight excluding hydrogens is 570 g/mol. The zero-order valence-corrected chi connectivity index (χ0v) is 21.6. The van der Waals surface area contributed by atoms with Crippen LogP contribution in [0.3, 0.4) is 0 Å². The molecule has 200 valence electrons. The van der Waals surface area contributed by atoms with Gasteiger partial charge in [-0.15, -0.1) is 11.3 Å². The van der Waals surface area contributed by atoms with Crippen LogP contribution in [-0.2, 0) is 16.2 Å². The van der Waals surface area contributed by atoms with E-state index >= 15 is 0 Å². The molecule has 1 saturated carbocycles. The number of sulfonamides is 1. The summed E-state index contributed by atoms with van der Waals surface area (Å²) in [7, 11) is -3.56. The van der Waals surface area contributed by atoms with Crippen molar-refractivity contribution in [3.8, 4) is 0 Å². The number of aliphatic imine (C=N–C) groups is 1. The molecule has 0 bridgehead atoms. The third kappa shape index (κ3) is 4.63. The number of hydrogen-bond acceptors (Lipinski definition) is 8. The van der Waals surface area contributed by atoms with E-state index in [1.54, 1.807) is 16.5 Å². The van der Waals surface area contributed by atoms with Gasteiger partial charge in [-0.25, -0.2) is 27.5 Å². The summed E-state index contributed by atoms with van der Waals surface area (Å²) >= 11 is 7.68. The van der Waals surface area contributed by atoms with Crippen LogP contribution in [0.15, 0.2) is 51.1 Å². The Morgan fingerprint density at radius 2 is 2.03 bits per heavy atom. The number of aromatic nitrogens is 2. The van der Waals surface area contributed by atoms with Gasteiger partial charge in [0.1, 0.15) is 18.1 Å². The number of oxazole rings is 1. The van der Waals surface area contributed by atoms with Crippen LogP contribution in [0.2, 0.25) is 5.02 Å². The number of nitrogens with one attached hydrogen (secondary N) is 1. The fourth-order valence-electron chi connectivity index (χ4n) is 4.63. The van der Waals surface area contributed by atoms with E-state index in [0.29, 0.717) is 41.2 Å². The quantitative estimate of drug-likeness (QED) is 0.407. The van der Waals surface area contributed by atoms with Gasteiger partial charge in [0.05, 0.1) is 10.8 Å². The molecule has 1 N–H and O–H groups in total. The molecule has 1 aromatic carbocycles. The second-order valence-corrected chi connectivity index (χ2v) is 12.4.